The maximum absolute atomic E-state index is 13.1. The van der Waals surface area contributed by atoms with Crippen molar-refractivity contribution in [1.82, 2.24) is 19.8 Å². The number of halogens is 1. The van der Waals surface area contributed by atoms with Crippen molar-refractivity contribution < 1.29 is 5.11 Å². The van der Waals surface area contributed by atoms with Gasteiger partial charge in [0.1, 0.15) is 0 Å². The third kappa shape index (κ3) is 4.51. The minimum Gasteiger partial charge on any atom is -0.384 e. The molecule has 5 aliphatic rings. The summed E-state index contributed by atoms with van der Waals surface area (Å²) in [5.74, 6) is 0.385. The van der Waals surface area contributed by atoms with Gasteiger partial charge in [0.05, 0.1) is 22.9 Å². The summed E-state index contributed by atoms with van der Waals surface area (Å²) in [6, 6.07) is 11.3. The predicted molar refractivity (Wildman–Crippen MR) is 175 cm³/mol. The van der Waals surface area contributed by atoms with Gasteiger partial charge in [-0.2, -0.15) is 0 Å². The number of aromatic nitrogens is 2. The molecule has 0 radical (unpaired) electrons. The Balaban J connectivity index is 0.00000288. The van der Waals surface area contributed by atoms with Gasteiger partial charge < -0.3 is 15.0 Å². The van der Waals surface area contributed by atoms with Gasteiger partial charge in [0.2, 0.25) is 0 Å². The Labute approximate surface area is 256 Å². The van der Waals surface area contributed by atoms with Crippen LogP contribution in [0.3, 0.4) is 0 Å². The number of piperidine rings is 1. The molecule has 5 nitrogen and oxygen atoms in total. The number of rotatable bonds is 1. The molecule has 42 heavy (non-hydrogen) atoms. The highest BCUT2D eigenvalue weighted by Crippen LogP contribution is 2.61. The zero-order valence-corrected chi connectivity index (χ0v) is 25.5. The average Bonchev–Trinajstić information content (AvgIpc) is 3.49. The van der Waals surface area contributed by atoms with Crippen molar-refractivity contribution in [3.63, 3.8) is 0 Å². The van der Waals surface area contributed by atoms with Gasteiger partial charge in [-0.1, -0.05) is 42.5 Å². The predicted octanol–water partition coefficient (Wildman–Crippen LogP) is 7.28. The van der Waals surface area contributed by atoms with E-state index in [0.717, 1.165) is 68.5 Å². The van der Waals surface area contributed by atoms with Crippen LogP contribution in [0.2, 0.25) is 0 Å². The Hall–Kier alpha value is -2.44. The number of H-pyrrole nitrogens is 1. The summed E-state index contributed by atoms with van der Waals surface area (Å²) in [4.78, 5) is 14.4. The molecule has 1 spiro atoms. The van der Waals surface area contributed by atoms with Crippen molar-refractivity contribution >= 4 is 39.8 Å². The summed E-state index contributed by atoms with van der Waals surface area (Å²) < 4.78 is 0. The zero-order valence-electron chi connectivity index (χ0n) is 24.7. The fourth-order valence-corrected chi connectivity index (χ4v) is 9.59. The number of nitrogens with zero attached hydrogens (tertiary/aromatic N) is 3. The number of fused-ring (bicyclic) bond motifs is 5. The minimum absolute atomic E-state index is 0. The molecule has 2 saturated heterocycles. The molecule has 222 valence electrons. The summed E-state index contributed by atoms with van der Waals surface area (Å²) in [6.07, 6.45) is 25.2. The minimum atomic E-state index is -0.898. The number of allylic oxidation sites excluding steroid dienone is 4. The van der Waals surface area contributed by atoms with E-state index in [2.05, 4.69) is 75.5 Å². The number of hydrogen-bond acceptors (Lipinski definition) is 4. The number of aliphatic hydroxyl groups is 1. The highest BCUT2D eigenvalue weighted by Gasteiger charge is 2.65. The normalized spacial score (nSPS) is 35.2. The summed E-state index contributed by atoms with van der Waals surface area (Å²) in [7, 11) is 0. The number of benzene rings is 1. The van der Waals surface area contributed by atoms with Gasteiger partial charge in [-0.05, 0) is 114 Å². The van der Waals surface area contributed by atoms with Crippen LogP contribution in [0.4, 0.5) is 0 Å². The Morgan fingerprint density at radius 3 is 2.67 bits per heavy atom. The molecular formula is C36H45ClN4O. The molecular weight excluding hydrogens is 540 g/mol. The van der Waals surface area contributed by atoms with E-state index >= 15 is 0 Å². The number of pyridine rings is 1. The van der Waals surface area contributed by atoms with Gasteiger partial charge in [-0.15, -0.1) is 12.4 Å². The Kier molecular flexibility index (Phi) is 7.59. The monoisotopic (exact) mass is 584 g/mol. The van der Waals surface area contributed by atoms with Crippen LogP contribution in [0.15, 0.2) is 66.9 Å². The first-order valence-corrected chi connectivity index (χ1v) is 16.3. The topological polar surface area (TPSA) is 55.4 Å². The molecule has 6 atom stereocenters. The molecule has 3 aromatic rings. The van der Waals surface area contributed by atoms with Crippen molar-refractivity contribution in [2.24, 2.45) is 11.3 Å². The first-order chi connectivity index (χ1) is 20.2. The van der Waals surface area contributed by atoms with E-state index in [1.807, 2.05) is 6.20 Å². The van der Waals surface area contributed by atoms with Crippen LogP contribution in [0.5, 0.6) is 0 Å². The highest BCUT2D eigenvalue weighted by atomic mass is 35.5. The molecule has 0 amide bonds. The number of hydrogen-bond donors (Lipinski definition) is 2. The molecule has 6 heterocycles. The lowest BCUT2D eigenvalue weighted by molar-refractivity contribution is -0.0894. The molecule has 8 rings (SSSR count). The molecule has 2 fully saturated rings. The lowest BCUT2D eigenvalue weighted by atomic mass is 9.54. The second-order valence-electron chi connectivity index (χ2n) is 13.5. The second-order valence-corrected chi connectivity index (χ2v) is 13.5. The quantitative estimate of drug-likeness (QED) is 0.295. The van der Waals surface area contributed by atoms with E-state index in [1.165, 1.54) is 55.0 Å². The maximum atomic E-state index is 13.1. The Morgan fingerprint density at radius 2 is 1.74 bits per heavy atom. The number of para-hydroxylation sites is 1. The molecule has 2 aromatic heterocycles. The van der Waals surface area contributed by atoms with Crippen LogP contribution in [0.25, 0.3) is 27.4 Å². The first-order valence-electron chi connectivity index (χ1n) is 16.3. The van der Waals surface area contributed by atoms with Crippen molar-refractivity contribution in [3.8, 4) is 0 Å². The maximum Gasteiger partial charge on any atom is 0.0998 e. The fraction of sp³-hybridized carbons (Fsp3) is 0.528. The lowest BCUT2D eigenvalue weighted by Gasteiger charge is -2.58. The van der Waals surface area contributed by atoms with Crippen LogP contribution >= 0.6 is 12.4 Å². The van der Waals surface area contributed by atoms with E-state index in [4.69, 9.17) is 4.98 Å². The van der Waals surface area contributed by atoms with E-state index < -0.39 is 5.60 Å². The molecule has 6 unspecified atom stereocenters. The number of nitrogens with one attached hydrogen (secondary N) is 1. The molecule has 6 heteroatoms. The fourth-order valence-electron chi connectivity index (χ4n) is 9.59. The Bertz CT molecular complexity index is 1540. The van der Waals surface area contributed by atoms with E-state index in [0.29, 0.717) is 12.0 Å². The second kappa shape index (κ2) is 11.2. The van der Waals surface area contributed by atoms with Crippen molar-refractivity contribution in [2.45, 2.75) is 81.9 Å². The molecule has 1 aliphatic carbocycles. The highest BCUT2D eigenvalue weighted by molar-refractivity contribution is 6.09. The third-order valence-electron chi connectivity index (χ3n) is 11.2. The average molecular weight is 585 g/mol. The molecule has 3 bridgehead atoms. The molecule has 4 aliphatic heterocycles. The van der Waals surface area contributed by atoms with Crippen molar-refractivity contribution in [1.29, 1.82) is 0 Å². The van der Waals surface area contributed by atoms with E-state index in [-0.39, 0.29) is 23.9 Å². The van der Waals surface area contributed by atoms with Crippen LogP contribution in [-0.2, 0) is 0 Å². The van der Waals surface area contributed by atoms with Gasteiger partial charge >= 0.3 is 0 Å². The van der Waals surface area contributed by atoms with Crippen LogP contribution in [-0.4, -0.2) is 68.7 Å². The van der Waals surface area contributed by atoms with Gasteiger partial charge in [-0.3, -0.25) is 9.88 Å². The zero-order chi connectivity index (χ0) is 27.4. The summed E-state index contributed by atoms with van der Waals surface area (Å²) in [6.45, 7) is 4.47. The van der Waals surface area contributed by atoms with Gasteiger partial charge in [0, 0.05) is 40.5 Å². The first kappa shape index (κ1) is 28.3. The van der Waals surface area contributed by atoms with Gasteiger partial charge in [0.25, 0.3) is 0 Å². The largest absolute Gasteiger partial charge is 0.384 e. The number of aromatic amines is 1. The van der Waals surface area contributed by atoms with Crippen LogP contribution in [0, 0.1) is 11.3 Å². The summed E-state index contributed by atoms with van der Waals surface area (Å²) >= 11 is 0. The van der Waals surface area contributed by atoms with Crippen LogP contribution in [0.1, 0.15) is 69.9 Å². The molecule has 0 saturated carbocycles. The third-order valence-corrected chi connectivity index (χ3v) is 11.2. The molecule has 1 aromatic carbocycles. The summed E-state index contributed by atoms with van der Waals surface area (Å²) in [5.41, 5.74) is 3.74. The van der Waals surface area contributed by atoms with Gasteiger partial charge in [0.15, 0.2) is 0 Å². The van der Waals surface area contributed by atoms with Gasteiger partial charge in [-0.25, -0.2) is 0 Å². The van der Waals surface area contributed by atoms with Crippen molar-refractivity contribution in [2.75, 3.05) is 26.2 Å². The van der Waals surface area contributed by atoms with E-state index in [9.17, 15) is 5.11 Å². The smallest absolute Gasteiger partial charge is 0.0998 e. The SMILES string of the molecule is Cl.OC12C=C(c3nccc4c3[nH]c3ccccc34)C3CCN(CCCCC=CCC1)CC31CC3C=CCCCCN3C21. The van der Waals surface area contributed by atoms with Crippen LogP contribution < -0.4 is 0 Å². The van der Waals surface area contributed by atoms with E-state index in [1.54, 1.807) is 0 Å². The summed E-state index contributed by atoms with van der Waals surface area (Å²) in [5, 5.41) is 15.5. The Morgan fingerprint density at radius 1 is 0.905 bits per heavy atom. The standard InChI is InChI=1S/C36H44N4O.ClH/c41-36-18-10-4-1-2-5-11-20-39-22-17-30(35(25-39)23-26-13-7-3-6-12-21-40(26)34(35)36)29(24-36)32-33-28(16-19-37-32)27-14-8-9-15-31(27)38-33;/h1,4,7-9,13-16,19,24,26,30,34,38,41H,2-3,5-6,10-12,17-18,20-23,25H2;1H. The van der Waals surface area contributed by atoms with Crippen molar-refractivity contribution in [3.05, 3.63) is 72.6 Å². The lowest BCUT2D eigenvalue weighted by Crippen LogP contribution is -2.65. The molecule has 2 N–H and O–H groups in total.